The summed E-state index contributed by atoms with van der Waals surface area (Å²) in [5, 5.41) is -0.157. The van der Waals surface area contributed by atoms with Crippen LogP contribution in [0.3, 0.4) is 0 Å². The number of rotatable bonds is 6. The molecule has 1 aliphatic rings. The van der Waals surface area contributed by atoms with E-state index in [0.717, 1.165) is 30.2 Å². The highest BCUT2D eigenvalue weighted by molar-refractivity contribution is 7.85. The predicted molar refractivity (Wildman–Crippen MR) is 136 cm³/mol. The molecule has 0 bridgehead atoms. The summed E-state index contributed by atoms with van der Waals surface area (Å²) in [5.74, 6) is 0.321. The van der Waals surface area contributed by atoms with Gasteiger partial charge in [0.15, 0.2) is 0 Å². The maximum Gasteiger partial charge on any atom is 0.416 e. The lowest BCUT2D eigenvalue weighted by atomic mass is 10.0. The molecule has 2 aromatic carbocycles. The Balaban J connectivity index is 1.80. The number of aromatic nitrogens is 2. The van der Waals surface area contributed by atoms with Crippen LogP contribution in [0.15, 0.2) is 40.3 Å². The molecule has 3 aromatic rings. The van der Waals surface area contributed by atoms with Crippen molar-refractivity contribution in [1.29, 1.82) is 0 Å². The SMILES string of the molecule is CCS(=O)c1ccc(Cl)cc1Nn1cnc2c(Cl)c(CN3CCN(C)CC3)c(C(F)(F)F)cc2c1=O. The second kappa shape index (κ2) is 10.7. The number of benzene rings is 2. The molecule has 1 N–H and O–H groups in total. The third-order valence-electron chi connectivity index (χ3n) is 6.07. The minimum Gasteiger partial charge on any atom is -0.304 e. The van der Waals surface area contributed by atoms with Crippen molar-refractivity contribution in [2.24, 2.45) is 0 Å². The Kier molecular flexibility index (Phi) is 7.96. The normalized spacial score (nSPS) is 16.4. The van der Waals surface area contributed by atoms with E-state index in [0.29, 0.717) is 28.8 Å². The number of nitrogens with one attached hydrogen (secondary N) is 1. The van der Waals surface area contributed by atoms with Crippen molar-refractivity contribution in [1.82, 2.24) is 19.5 Å². The standard InChI is InChI=1S/C23H24Cl2F3N5O2S/c1-3-36(35)19-5-4-14(24)10-18(19)30-33-13-29-21-15(22(33)34)11-17(23(26,27)28)16(20(21)25)12-32-8-6-31(2)7-9-32/h4-5,10-11,13,30H,3,6-9,12H2,1-2H3. The van der Waals surface area contributed by atoms with Gasteiger partial charge in [0.2, 0.25) is 0 Å². The molecule has 0 aliphatic carbocycles. The van der Waals surface area contributed by atoms with Crippen LogP contribution in [-0.2, 0) is 23.5 Å². The molecule has 0 radical (unpaired) electrons. The number of nitrogens with zero attached hydrogens (tertiary/aromatic N) is 4. The van der Waals surface area contributed by atoms with Crippen LogP contribution in [0, 0.1) is 0 Å². The van der Waals surface area contributed by atoms with E-state index >= 15 is 0 Å². The Morgan fingerprint density at radius 2 is 1.83 bits per heavy atom. The van der Waals surface area contributed by atoms with Crippen molar-refractivity contribution in [3.8, 4) is 0 Å². The summed E-state index contributed by atoms with van der Waals surface area (Å²) < 4.78 is 55.7. The zero-order chi connectivity index (χ0) is 26.2. The van der Waals surface area contributed by atoms with Crippen LogP contribution in [0.1, 0.15) is 18.1 Å². The number of alkyl halides is 3. The highest BCUT2D eigenvalue weighted by atomic mass is 35.5. The van der Waals surface area contributed by atoms with Gasteiger partial charge >= 0.3 is 6.18 Å². The van der Waals surface area contributed by atoms with Gasteiger partial charge in [-0.15, -0.1) is 0 Å². The van der Waals surface area contributed by atoms with Gasteiger partial charge in [-0.3, -0.25) is 19.3 Å². The molecule has 1 unspecified atom stereocenters. The van der Waals surface area contributed by atoms with Gasteiger partial charge in [0.1, 0.15) is 6.33 Å². The third kappa shape index (κ3) is 5.55. The lowest BCUT2D eigenvalue weighted by Crippen LogP contribution is -2.44. The van der Waals surface area contributed by atoms with Crippen LogP contribution in [0.2, 0.25) is 10.0 Å². The van der Waals surface area contributed by atoms with Crippen molar-refractivity contribution in [2.75, 3.05) is 44.4 Å². The van der Waals surface area contributed by atoms with E-state index in [1.54, 1.807) is 19.1 Å². The van der Waals surface area contributed by atoms with Crippen molar-refractivity contribution in [2.45, 2.75) is 24.5 Å². The van der Waals surface area contributed by atoms with Gasteiger partial charge in [0.25, 0.3) is 5.56 Å². The average Bonchev–Trinajstić information content (AvgIpc) is 2.82. The summed E-state index contributed by atoms with van der Waals surface area (Å²) in [6.45, 7) is 4.39. The molecule has 1 aromatic heterocycles. The first-order chi connectivity index (χ1) is 17.0. The van der Waals surface area contributed by atoms with Crippen molar-refractivity contribution >= 4 is 50.6 Å². The lowest BCUT2D eigenvalue weighted by molar-refractivity contribution is -0.138. The van der Waals surface area contributed by atoms with E-state index in [-0.39, 0.29) is 33.7 Å². The van der Waals surface area contributed by atoms with Crippen LogP contribution in [-0.4, -0.2) is 62.6 Å². The fourth-order valence-electron chi connectivity index (χ4n) is 4.06. The summed E-state index contributed by atoms with van der Waals surface area (Å²) in [4.78, 5) is 21.9. The van der Waals surface area contributed by atoms with Gasteiger partial charge in [-0.25, -0.2) is 9.66 Å². The second-order valence-electron chi connectivity index (χ2n) is 8.50. The van der Waals surface area contributed by atoms with E-state index in [9.17, 15) is 22.2 Å². The number of likely N-dealkylation sites (N-methyl/N-ethyl adjacent to an activating group) is 1. The third-order valence-corrected chi connectivity index (χ3v) is 8.08. The summed E-state index contributed by atoms with van der Waals surface area (Å²) in [6, 6.07) is 5.42. The summed E-state index contributed by atoms with van der Waals surface area (Å²) >= 11 is 12.5. The molecule has 1 saturated heterocycles. The highest BCUT2D eigenvalue weighted by Crippen LogP contribution is 2.39. The molecule has 1 aliphatic heterocycles. The molecular formula is C23H24Cl2F3N5O2S. The topological polar surface area (TPSA) is 70.5 Å². The maximum atomic E-state index is 14.1. The van der Waals surface area contributed by atoms with Gasteiger partial charge in [-0.1, -0.05) is 30.1 Å². The van der Waals surface area contributed by atoms with Crippen molar-refractivity contribution in [3.63, 3.8) is 0 Å². The van der Waals surface area contributed by atoms with Crippen LogP contribution in [0.25, 0.3) is 10.9 Å². The fourth-order valence-corrected chi connectivity index (χ4v) is 5.42. The van der Waals surface area contributed by atoms with Crippen LogP contribution >= 0.6 is 23.2 Å². The molecule has 13 heteroatoms. The zero-order valence-corrected chi connectivity index (χ0v) is 21.9. The maximum absolute atomic E-state index is 14.1. The molecular weight excluding hydrogens is 538 g/mol. The van der Waals surface area contributed by atoms with Gasteiger partial charge in [-0.05, 0) is 36.9 Å². The van der Waals surface area contributed by atoms with Crippen molar-refractivity contribution in [3.05, 3.63) is 62.1 Å². The van der Waals surface area contributed by atoms with Crippen LogP contribution < -0.4 is 11.0 Å². The minimum atomic E-state index is -4.72. The van der Waals surface area contributed by atoms with Gasteiger partial charge in [0.05, 0.1) is 42.9 Å². The van der Waals surface area contributed by atoms with Crippen LogP contribution in [0.4, 0.5) is 18.9 Å². The van der Waals surface area contributed by atoms with E-state index < -0.39 is 28.1 Å². The monoisotopic (exact) mass is 561 g/mol. The van der Waals surface area contributed by atoms with Crippen LogP contribution in [0.5, 0.6) is 0 Å². The first-order valence-electron chi connectivity index (χ1n) is 11.2. The number of halogens is 5. The zero-order valence-electron chi connectivity index (χ0n) is 19.5. The van der Waals surface area contributed by atoms with E-state index in [4.69, 9.17) is 23.2 Å². The Morgan fingerprint density at radius 1 is 1.14 bits per heavy atom. The Bertz CT molecular complexity index is 1370. The summed E-state index contributed by atoms with van der Waals surface area (Å²) in [5.41, 5.74) is 1.19. The molecule has 36 heavy (non-hydrogen) atoms. The average molecular weight is 562 g/mol. The van der Waals surface area contributed by atoms with Gasteiger partial charge < -0.3 is 4.90 Å². The number of fused-ring (bicyclic) bond motifs is 1. The molecule has 7 nitrogen and oxygen atoms in total. The van der Waals surface area contributed by atoms with Crippen molar-refractivity contribution < 1.29 is 17.4 Å². The largest absolute Gasteiger partial charge is 0.416 e. The molecule has 194 valence electrons. The van der Waals surface area contributed by atoms with E-state index in [1.807, 2.05) is 11.9 Å². The highest BCUT2D eigenvalue weighted by Gasteiger charge is 2.36. The van der Waals surface area contributed by atoms with E-state index in [1.165, 1.54) is 6.07 Å². The number of anilines is 1. The number of piperazine rings is 1. The van der Waals surface area contributed by atoms with E-state index in [2.05, 4.69) is 15.3 Å². The lowest BCUT2D eigenvalue weighted by Gasteiger charge is -2.33. The molecule has 0 saturated carbocycles. The molecule has 4 rings (SSSR count). The Morgan fingerprint density at radius 3 is 2.47 bits per heavy atom. The molecule has 0 amide bonds. The summed E-state index contributed by atoms with van der Waals surface area (Å²) in [6.07, 6.45) is -3.58. The quantitative estimate of drug-likeness (QED) is 0.478. The molecule has 2 heterocycles. The molecule has 0 spiro atoms. The number of hydrogen-bond donors (Lipinski definition) is 1. The first kappa shape index (κ1) is 26.9. The van der Waals surface area contributed by atoms with Gasteiger partial charge in [0, 0.05) is 43.5 Å². The molecule has 1 fully saturated rings. The van der Waals surface area contributed by atoms with Gasteiger partial charge in [-0.2, -0.15) is 13.2 Å². The Hall–Kier alpha value is -2.18. The fraction of sp³-hybridized carbons (Fsp3) is 0.391. The second-order valence-corrected chi connectivity index (χ2v) is 11.0. The first-order valence-corrected chi connectivity index (χ1v) is 13.2. The molecule has 1 atom stereocenters. The minimum absolute atomic E-state index is 0.00478. The number of hydrogen-bond acceptors (Lipinski definition) is 6. The Labute approximate surface area is 218 Å². The predicted octanol–water partition coefficient (Wildman–Crippen LogP) is 4.47. The summed E-state index contributed by atoms with van der Waals surface area (Å²) in [7, 11) is 0.575. The smallest absolute Gasteiger partial charge is 0.304 e.